The molecule has 0 aliphatic carbocycles. The van der Waals surface area contributed by atoms with Crippen LogP contribution in [-0.2, 0) is 16.0 Å². The fourth-order valence-electron chi connectivity index (χ4n) is 2.35. The Balaban J connectivity index is 1.71. The number of aryl methyl sites for hydroxylation is 2. The van der Waals surface area contributed by atoms with E-state index in [0.29, 0.717) is 18.4 Å². The number of hydrogen-bond acceptors (Lipinski definition) is 5. The molecule has 6 heteroatoms. The summed E-state index contributed by atoms with van der Waals surface area (Å²) < 4.78 is 10.1. The summed E-state index contributed by atoms with van der Waals surface area (Å²) in [4.78, 5) is 17.9. The van der Waals surface area contributed by atoms with Crippen molar-refractivity contribution < 1.29 is 14.1 Å². The lowest BCUT2D eigenvalue weighted by Gasteiger charge is -2.16. The molecule has 1 unspecified atom stereocenters. The third kappa shape index (κ3) is 4.02. The van der Waals surface area contributed by atoms with Crippen molar-refractivity contribution in [2.75, 3.05) is 26.3 Å². The van der Waals surface area contributed by atoms with Crippen LogP contribution in [0.2, 0.25) is 0 Å². The van der Waals surface area contributed by atoms with E-state index < -0.39 is 0 Å². The van der Waals surface area contributed by atoms with Crippen molar-refractivity contribution in [2.45, 2.75) is 33.1 Å². The number of aromatic nitrogens is 2. The van der Waals surface area contributed by atoms with Crippen LogP contribution in [0.4, 0.5) is 0 Å². The Morgan fingerprint density at radius 2 is 2.42 bits per heavy atom. The van der Waals surface area contributed by atoms with Gasteiger partial charge in [-0.3, -0.25) is 4.79 Å². The van der Waals surface area contributed by atoms with Crippen molar-refractivity contribution in [1.82, 2.24) is 15.0 Å². The highest BCUT2D eigenvalue weighted by atomic mass is 16.5. The average molecular weight is 267 g/mol. The minimum Gasteiger partial charge on any atom is -0.372 e. The molecule has 1 fully saturated rings. The van der Waals surface area contributed by atoms with E-state index in [4.69, 9.17) is 9.26 Å². The zero-order valence-corrected chi connectivity index (χ0v) is 11.6. The maximum Gasteiger partial charge on any atom is 0.248 e. The summed E-state index contributed by atoms with van der Waals surface area (Å²) in [5.41, 5.74) is 0. The molecule has 0 N–H and O–H groups in total. The van der Waals surface area contributed by atoms with Crippen molar-refractivity contribution in [1.29, 1.82) is 0 Å². The monoisotopic (exact) mass is 267 g/mol. The molecule has 0 bridgehead atoms. The zero-order valence-electron chi connectivity index (χ0n) is 11.6. The first-order chi connectivity index (χ1) is 9.19. The summed E-state index contributed by atoms with van der Waals surface area (Å²) in [5.74, 6) is 2.00. The van der Waals surface area contributed by atoms with Gasteiger partial charge in [-0.1, -0.05) is 5.16 Å². The number of nitrogens with zero attached hydrogens (tertiary/aromatic N) is 3. The predicted octanol–water partition coefficient (Wildman–Crippen LogP) is 1.20. The van der Waals surface area contributed by atoms with Gasteiger partial charge in [0.2, 0.25) is 11.8 Å². The molecule has 1 aliphatic rings. The van der Waals surface area contributed by atoms with Crippen LogP contribution in [0, 0.1) is 12.8 Å². The number of ether oxygens (including phenoxy) is 1. The lowest BCUT2D eigenvalue weighted by atomic mass is 10.0. The van der Waals surface area contributed by atoms with Crippen LogP contribution >= 0.6 is 0 Å². The Morgan fingerprint density at radius 3 is 3.11 bits per heavy atom. The minimum absolute atomic E-state index is 0.0970. The van der Waals surface area contributed by atoms with Gasteiger partial charge < -0.3 is 14.2 Å². The van der Waals surface area contributed by atoms with E-state index in [0.717, 1.165) is 38.2 Å². The van der Waals surface area contributed by atoms with Crippen LogP contribution in [0.25, 0.3) is 0 Å². The summed E-state index contributed by atoms with van der Waals surface area (Å²) in [6.07, 6.45) is 2.86. The number of hydrogen-bond donors (Lipinski definition) is 0. The number of amides is 1. The molecule has 1 aliphatic heterocycles. The SMILES string of the molecule is CCOCC(=O)N1CCC(CCc2noc(C)n2)C1. The second-order valence-electron chi connectivity index (χ2n) is 4.90. The summed E-state index contributed by atoms with van der Waals surface area (Å²) in [6, 6.07) is 0. The van der Waals surface area contributed by atoms with Gasteiger partial charge in [-0.05, 0) is 25.7 Å². The van der Waals surface area contributed by atoms with Crippen molar-refractivity contribution >= 4 is 5.91 Å². The van der Waals surface area contributed by atoms with Gasteiger partial charge >= 0.3 is 0 Å². The summed E-state index contributed by atoms with van der Waals surface area (Å²) in [6.45, 7) is 6.13. The molecule has 106 valence electrons. The first-order valence-electron chi connectivity index (χ1n) is 6.83. The van der Waals surface area contributed by atoms with Gasteiger partial charge in [0, 0.05) is 33.0 Å². The fourth-order valence-corrected chi connectivity index (χ4v) is 2.35. The Kier molecular flexibility index (Phi) is 4.90. The topological polar surface area (TPSA) is 68.5 Å². The van der Waals surface area contributed by atoms with Crippen LogP contribution in [0.15, 0.2) is 4.52 Å². The molecule has 2 heterocycles. The van der Waals surface area contributed by atoms with E-state index in [9.17, 15) is 4.79 Å². The molecule has 0 saturated carbocycles. The number of carbonyl (C=O) groups is 1. The van der Waals surface area contributed by atoms with Gasteiger partial charge in [0.25, 0.3) is 0 Å². The molecule has 1 amide bonds. The highest BCUT2D eigenvalue weighted by molar-refractivity contribution is 5.77. The minimum atomic E-state index is 0.0970. The maximum atomic E-state index is 11.8. The van der Waals surface area contributed by atoms with Crippen LogP contribution in [0.1, 0.15) is 31.5 Å². The first-order valence-corrected chi connectivity index (χ1v) is 6.83. The van der Waals surface area contributed by atoms with Gasteiger partial charge in [-0.25, -0.2) is 0 Å². The van der Waals surface area contributed by atoms with Gasteiger partial charge in [0.05, 0.1) is 0 Å². The Morgan fingerprint density at radius 1 is 1.58 bits per heavy atom. The smallest absolute Gasteiger partial charge is 0.248 e. The number of carbonyl (C=O) groups excluding carboxylic acids is 1. The zero-order chi connectivity index (χ0) is 13.7. The molecule has 1 aromatic heterocycles. The summed E-state index contributed by atoms with van der Waals surface area (Å²) in [5, 5.41) is 3.88. The average Bonchev–Trinajstić information content (AvgIpc) is 3.02. The van der Waals surface area contributed by atoms with E-state index in [1.807, 2.05) is 11.8 Å². The van der Waals surface area contributed by atoms with E-state index in [-0.39, 0.29) is 12.5 Å². The first kappa shape index (κ1) is 14.0. The Labute approximate surface area is 113 Å². The molecule has 0 spiro atoms. The van der Waals surface area contributed by atoms with E-state index in [1.54, 1.807) is 6.92 Å². The molecule has 19 heavy (non-hydrogen) atoms. The molecule has 0 aromatic carbocycles. The molecule has 1 atom stereocenters. The third-order valence-corrected chi connectivity index (χ3v) is 3.41. The lowest BCUT2D eigenvalue weighted by molar-refractivity contribution is -0.135. The van der Waals surface area contributed by atoms with Gasteiger partial charge in [0.15, 0.2) is 5.82 Å². The van der Waals surface area contributed by atoms with E-state index in [1.165, 1.54) is 0 Å². The number of likely N-dealkylation sites (tertiary alicyclic amines) is 1. The fraction of sp³-hybridized carbons (Fsp3) is 0.769. The van der Waals surface area contributed by atoms with Crippen molar-refractivity contribution in [3.63, 3.8) is 0 Å². The van der Waals surface area contributed by atoms with Gasteiger partial charge in [-0.2, -0.15) is 4.98 Å². The van der Waals surface area contributed by atoms with Crippen LogP contribution in [0.5, 0.6) is 0 Å². The second-order valence-corrected chi connectivity index (χ2v) is 4.90. The van der Waals surface area contributed by atoms with Crippen LogP contribution < -0.4 is 0 Å². The normalized spacial score (nSPS) is 19.1. The maximum absolute atomic E-state index is 11.8. The highest BCUT2D eigenvalue weighted by Crippen LogP contribution is 2.21. The predicted molar refractivity (Wildman–Crippen MR) is 68.5 cm³/mol. The summed E-state index contributed by atoms with van der Waals surface area (Å²) in [7, 11) is 0. The van der Waals surface area contributed by atoms with Crippen molar-refractivity contribution in [3.8, 4) is 0 Å². The molecular formula is C13H21N3O3. The van der Waals surface area contributed by atoms with Gasteiger partial charge in [0.1, 0.15) is 6.61 Å². The molecule has 1 saturated heterocycles. The van der Waals surface area contributed by atoms with Gasteiger partial charge in [-0.15, -0.1) is 0 Å². The highest BCUT2D eigenvalue weighted by Gasteiger charge is 2.26. The second kappa shape index (κ2) is 6.65. The standard InChI is InChI=1S/C13H21N3O3/c1-3-18-9-13(17)16-7-6-11(8-16)4-5-12-14-10(2)19-15-12/h11H,3-9H2,1-2H3. The third-order valence-electron chi connectivity index (χ3n) is 3.41. The molecule has 6 nitrogen and oxygen atoms in total. The van der Waals surface area contributed by atoms with Crippen molar-refractivity contribution in [2.24, 2.45) is 5.92 Å². The Bertz CT molecular complexity index is 419. The van der Waals surface area contributed by atoms with Crippen LogP contribution in [-0.4, -0.2) is 47.3 Å². The van der Waals surface area contributed by atoms with E-state index >= 15 is 0 Å². The van der Waals surface area contributed by atoms with Crippen molar-refractivity contribution in [3.05, 3.63) is 11.7 Å². The molecule has 1 aromatic rings. The lowest BCUT2D eigenvalue weighted by Crippen LogP contribution is -2.32. The molecule has 0 radical (unpaired) electrons. The Hall–Kier alpha value is -1.43. The summed E-state index contributed by atoms with van der Waals surface area (Å²) >= 11 is 0. The molecule has 2 rings (SSSR count). The largest absolute Gasteiger partial charge is 0.372 e. The van der Waals surface area contributed by atoms with E-state index in [2.05, 4.69) is 10.1 Å². The van der Waals surface area contributed by atoms with Crippen LogP contribution in [0.3, 0.4) is 0 Å². The molecular weight excluding hydrogens is 246 g/mol. The number of rotatable bonds is 6. The quantitative estimate of drug-likeness (QED) is 0.774.